The minimum absolute atomic E-state index is 0.240. The number of hydrogen-bond donors (Lipinski definition) is 3. The van der Waals surface area contributed by atoms with E-state index in [4.69, 9.17) is 17.3 Å². The zero-order valence-corrected chi connectivity index (χ0v) is 9.87. The molecule has 4 heteroatoms. The maximum Gasteiger partial charge on any atom is 0.0658 e. The van der Waals surface area contributed by atoms with Gasteiger partial charge in [0.1, 0.15) is 0 Å². The second-order valence-corrected chi connectivity index (χ2v) is 4.77. The summed E-state index contributed by atoms with van der Waals surface area (Å²) in [6.07, 6.45) is 3.34. The number of nitrogen functional groups attached to an aromatic ring is 1. The number of benzene rings is 1. The van der Waals surface area contributed by atoms with E-state index in [0.29, 0.717) is 22.7 Å². The standard InChI is InChI=1S/C12H17ClN2O/c13-10-6-9(14)4-5-12(10)15-11-3-1-2-8(11)7-16/h4-6,8,11,15-16H,1-3,7,14H2. The average Bonchev–Trinajstić information content (AvgIpc) is 2.69. The van der Waals surface area contributed by atoms with Crippen LogP contribution in [-0.4, -0.2) is 17.8 Å². The van der Waals surface area contributed by atoms with Crippen LogP contribution >= 0.6 is 11.6 Å². The third kappa shape index (κ3) is 2.42. The van der Waals surface area contributed by atoms with Crippen molar-refractivity contribution in [1.82, 2.24) is 0 Å². The number of halogens is 1. The highest BCUT2D eigenvalue weighted by atomic mass is 35.5. The summed E-state index contributed by atoms with van der Waals surface area (Å²) in [6.45, 7) is 0.240. The van der Waals surface area contributed by atoms with Crippen LogP contribution in [0.1, 0.15) is 19.3 Å². The summed E-state index contributed by atoms with van der Waals surface area (Å²) in [5.74, 6) is 0.341. The van der Waals surface area contributed by atoms with Gasteiger partial charge in [-0.05, 0) is 31.0 Å². The molecule has 88 valence electrons. The van der Waals surface area contributed by atoms with E-state index in [1.54, 1.807) is 6.07 Å². The second-order valence-electron chi connectivity index (χ2n) is 4.36. The van der Waals surface area contributed by atoms with E-state index in [1.807, 2.05) is 12.1 Å². The molecule has 1 saturated carbocycles. The molecule has 0 spiro atoms. The van der Waals surface area contributed by atoms with Crippen LogP contribution in [0.2, 0.25) is 5.02 Å². The lowest BCUT2D eigenvalue weighted by molar-refractivity contribution is 0.222. The van der Waals surface area contributed by atoms with Crippen LogP contribution in [0.5, 0.6) is 0 Å². The lowest BCUT2D eigenvalue weighted by atomic mass is 10.0. The van der Waals surface area contributed by atoms with Crippen molar-refractivity contribution in [3.05, 3.63) is 23.2 Å². The molecule has 0 amide bonds. The van der Waals surface area contributed by atoms with Gasteiger partial charge in [0.05, 0.1) is 10.7 Å². The third-order valence-corrected chi connectivity index (χ3v) is 3.54. The molecule has 3 nitrogen and oxygen atoms in total. The van der Waals surface area contributed by atoms with Crippen LogP contribution in [0.4, 0.5) is 11.4 Å². The van der Waals surface area contributed by atoms with Crippen molar-refractivity contribution in [2.45, 2.75) is 25.3 Å². The van der Waals surface area contributed by atoms with Crippen LogP contribution in [0, 0.1) is 5.92 Å². The quantitative estimate of drug-likeness (QED) is 0.712. The molecule has 2 unspecified atom stereocenters. The van der Waals surface area contributed by atoms with Gasteiger partial charge in [0.15, 0.2) is 0 Å². The van der Waals surface area contributed by atoms with Gasteiger partial charge in [-0.3, -0.25) is 0 Å². The first-order chi connectivity index (χ1) is 7.70. The fourth-order valence-electron chi connectivity index (χ4n) is 2.29. The molecule has 0 radical (unpaired) electrons. The van der Waals surface area contributed by atoms with Crippen molar-refractivity contribution in [1.29, 1.82) is 0 Å². The third-order valence-electron chi connectivity index (χ3n) is 3.23. The molecule has 2 rings (SSSR count). The van der Waals surface area contributed by atoms with Crippen molar-refractivity contribution in [3.8, 4) is 0 Å². The summed E-state index contributed by atoms with van der Waals surface area (Å²) in [5, 5.41) is 13.3. The van der Waals surface area contributed by atoms with Gasteiger partial charge in [-0.15, -0.1) is 0 Å². The number of aliphatic hydroxyl groups excluding tert-OH is 1. The molecule has 1 aromatic rings. The van der Waals surface area contributed by atoms with Gasteiger partial charge in [0.25, 0.3) is 0 Å². The lowest BCUT2D eigenvalue weighted by Crippen LogP contribution is -2.26. The zero-order valence-electron chi connectivity index (χ0n) is 9.12. The Hall–Kier alpha value is -0.930. The average molecular weight is 241 g/mol. The first-order valence-corrected chi connectivity index (χ1v) is 6.01. The molecule has 1 aromatic carbocycles. The highest BCUT2D eigenvalue weighted by Gasteiger charge is 2.26. The molecule has 0 saturated heterocycles. The number of nitrogens with two attached hydrogens (primary N) is 1. The van der Waals surface area contributed by atoms with E-state index in [2.05, 4.69) is 5.32 Å². The molecule has 0 aliphatic heterocycles. The van der Waals surface area contributed by atoms with E-state index < -0.39 is 0 Å². The lowest BCUT2D eigenvalue weighted by Gasteiger charge is -2.21. The molecule has 16 heavy (non-hydrogen) atoms. The topological polar surface area (TPSA) is 58.3 Å². The highest BCUT2D eigenvalue weighted by Crippen LogP contribution is 2.31. The molecular weight excluding hydrogens is 224 g/mol. The normalized spacial score (nSPS) is 24.6. The second kappa shape index (κ2) is 4.93. The Balaban J connectivity index is 2.08. The van der Waals surface area contributed by atoms with E-state index >= 15 is 0 Å². The minimum atomic E-state index is 0.240. The summed E-state index contributed by atoms with van der Waals surface area (Å²) >= 11 is 6.09. The molecule has 1 fully saturated rings. The Morgan fingerprint density at radius 3 is 2.94 bits per heavy atom. The largest absolute Gasteiger partial charge is 0.399 e. The summed E-state index contributed by atoms with van der Waals surface area (Å²) < 4.78 is 0. The Morgan fingerprint density at radius 2 is 2.25 bits per heavy atom. The summed E-state index contributed by atoms with van der Waals surface area (Å²) in [5.41, 5.74) is 7.21. The molecule has 0 bridgehead atoms. The summed E-state index contributed by atoms with van der Waals surface area (Å²) in [7, 11) is 0. The van der Waals surface area contributed by atoms with Crippen LogP contribution in [0.25, 0.3) is 0 Å². The molecule has 2 atom stereocenters. The monoisotopic (exact) mass is 240 g/mol. The fourth-order valence-corrected chi connectivity index (χ4v) is 2.54. The van der Waals surface area contributed by atoms with Gasteiger partial charge in [-0.25, -0.2) is 0 Å². The molecular formula is C12H17ClN2O. The van der Waals surface area contributed by atoms with Crippen molar-refractivity contribution in [2.75, 3.05) is 17.7 Å². The molecule has 1 aliphatic carbocycles. The maximum atomic E-state index is 9.23. The van der Waals surface area contributed by atoms with Gasteiger partial charge < -0.3 is 16.2 Å². The van der Waals surface area contributed by atoms with Gasteiger partial charge in [-0.1, -0.05) is 18.0 Å². The molecule has 1 aliphatic rings. The van der Waals surface area contributed by atoms with Crippen LogP contribution < -0.4 is 11.1 Å². The molecule has 0 aromatic heterocycles. The Bertz CT molecular complexity index is 370. The number of rotatable bonds is 3. The fraction of sp³-hybridized carbons (Fsp3) is 0.500. The van der Waals surface area contributed by atoms with Gasteiger partial charge >= 0.3 is 0 Å². The zero-order chi connectivity index (χ0) is 11.5. The Labute approximate surface area is 101 Å². The van der Waals surface area contributed by atoms with Crippen molar-refractivity contribution >= 4 is 23.0 Å². The van der Waals surface area contributed by atoms with Gasteiger partial charge in [-0.2, -0.15) is 0 Å². The first kappa shape index (κ1) is 11.6. The summed E-state index contributed by atoms with van der Waals surface area (Å²) in [4.78, 5) is 0. The Morgan fingerprint density at radius 1 is 1.44 bits per heavy atom. The number of aliphatic hydroxyl groups is 1. The van der Waals surface area contributed by atoms with Crippen LogP contribution in [0.3, 0.4) is 0 Å². The smallest absolute Gasteiger partial charge is 0.0658 e. The van der Waals surface area contributed by atoms with E-state index in [-0.39, 0.29) is 6.61 Å². The van der Waals surface area contributed by atoms with Crippen LogP contribution in [0.15, 0.2) is 18.2 Å². The molecule has 4 N–H and O–H groups in total. The number of nitrogens with one attached hydrogen (secondary N) is 1. The Kier molecular flexibility index (Phi) is 3.56. The SMILES string of the molecule is Nc1ccc(NC2CCCC2CO)c(Cl)c1. The van der Waals surface area contributed by atoms with Gasteiger partial charge in [0.2, 0.25) is 0 Å². The number of anilines is 2. The minimum Gasteiger partial charge on any atom is -0.399 e. The van der Waals surface area contributed by atoms with E-state index in [9.17, 15) is 5.11 Å². The van der Waals surface area contributed by atoms with Crippen molar-refractivity contribution in [2.24, 2.45) is 5.92 Å². The maximum absolute atomic E-state index is 9.23. The predicted molar refractivity (Wildman–Crippen MR) is 67.7 cm³/mol. The van der Waals surface area contributed by atoms with E-state index in [1.165, 1.54) is 0 Å². The van der Waals surface area contributed by atoms with Crippen molar-refractivity contribution in [3.63, 3.8) is 0 Å². The predicted octanol–water partition coefficient (Wildman–Crippen LogP) is 2.50. The number of hydrogen-bond acceptors (Lipinski definition) is 3. The van der Waals surface area contributed by atoms with E-state index in [0.717, 1.165) is 24.9 Å². The van der Waals surface area contributed by atoms with Crippen LogP contribution in [-0.2, 0) is 0 Å². The first-order valence-electron chi connectivity index (χ1n) is 5.63. The summed E-state index contributed by atoms with van der Waals surface area (Å²) in [6, 6.07) is 5.79. The van der Waals surface area contributed by atoms with Crippen molar-refractivity contribution < 1.29 is 5.11 Å². The molecule has 0 heterocycles. The van der Waals surface area contributed by atoms with Gasteiger partial charge in [0, 0.05) is 24.3 Å². The highest BCUT2D eigenvalue weighted by molar-refractivity contribution is 6.33.